The molecule has 0 saturated carbocycles. The Hall–Kier alpha value is -2.56. The first kappa shape index (κ1) is 12.9. The van der Waals surface area contributed by atoms with Crippen molar-refractivity contribution in [1.29, 1.82) is 0 Å². The summed E-state index contributed by atoms with van der Waals surface area (Å²) in [7, 11) is 1.68. The Balaban J connectivity index is 2.11. The lowest BCUT2D eigenvalue weighted by Crippen LogP contribution is -2.28. The van der Waals surface area contributed by atoms with Gasteiger partial charge in [-0.15, -0.1) is 0 Å². The molecule has 0 fully saturated rings. The first-order valence-corrected chi connectivity index (χ1v) is 5.85. The van der Waals surface area contributed by atoms with Crippen molar-refractivity contribution in [3.8, 4) is 0 Å². The van der Waals surface area contributed by atoms with Gasteiger partial charge in [-0.1, -0.05) is 18.2 Å². The molecule has 1 heterocycles. The maximum atomic E-state index is 12.1. The number of hydrogen-bond acceptors (Lipinski definition) is 3. The molecule has 5 heteroatoms. The molecule has 2 rings (SSSR count). The van der Waals surface area contributed by atoms with Gasteiger partial charge in [0.05, 0.1) is 0 Å². The third-order valence-corrected chi connectivity index (χ3v) is 2.74. The second kappa shape index (κ2) is 5.39. The molecule has 0 radical (unpaired) electrons. The van der Waals surface area contributed by atoms with E-state index in [2.05, 4.69) is 4.98 Å². The quantitative estimate of drug-likeness (QED) is 0.812. The van der Waals surface area contributed by atoms with Crippen molar-refractivity contribution in [2.75, 3.05) is 12.8 Å². The van der Waals surface area contributed by atoms with E-state index in [-0.39, 0.29) is 17.2 Å². The van der Waals surface area contributed by atoms with E-state index >= 15 is 0 Å². The summed E-state index contributed by atoms with van der Waals surface area (Å²) in [5, 5.41) is 0. The molecular formula is C14H15N3O2. The summed E-state index contributed by atoms with van der Waals surface area (Å²) in [5.41, 5.74) is 7.26. The lowest BCUT2D eigenvalue weighted by Gasteiger charge is -2.17. The van der Waals surface area contributed by atoms with Crippen LogP contribution in [0.1, 0.15) is 16.1 Å². The number of aromatic nitrogens is 1. The number of aromatic amines is 1. The number of carbonyl (C=O) groups is 1. The largest absolute Gasteiger partial charge is 0.399 e. The van der Waals surface area contributed by atoms with Gasteiger partial charge in [-0.05, 0) is 23.8 Å². The van der Waals surface area contributed by atoms with E-state index < -0.39 is 0 Å². The van der Waals surface area contributed by atoms with Gasteiger partial charge in [0, 0.05) is 25.3 Å². The Morgan fingerprint density at radius 3 is 2.53 bits per heavy atom. The molecule has 1 aromatic heterocycles. The SMILES string of the molecule is CN(Cc1ccc(N)cc1)C(=O)c1cccc(=O)[nH]1. The zero-order valence-corrected chi connectivity index (χ0v) is 10.6. The topological polar surface area (TPSA) is 79.2 Å². The Morgan fingerprint density at radius 2 is 1.89 bits per heavy atom. The Bertz CT molecular complexity index is 632. The van der Waals surface area contributed by atoms with E-state index in [0.29, 0.717) is 12.2 Å². The molecule has 0 aliphatic rings. The van der Waals surface area contributed by atoms with Gasteiger partial charge in [0.25, 0.3) is 5.91 Å². The van der Waals surface area contributed by atoms with Gasteiger partial charge in [0.15, 0.2) is 0 Å². The van der Waals surface area contributed by atoms with Crippen molar-refractivity contribution in [3.05, 3.63) is 64.1 Å². The predicted octanol–water partition coefficient (Wildman–Crippen LogP) is 1.23. The minimum Gasteiger partial charge on any atom is -0.399 e. The highest BCUT2D eigenvalue weighted by molar-refractivity contribution is 5.91. The lowest BCUT2D eigenvalue weighted by molar-refractivity contribution is 0.0779. The highest BCUT2D eigenvalue weighted by Crippen LogP contribution is 2.09. The van der Waals surface area contributed by atoms with Crippen molar-refractivity contribution in [3.63, 3.8) is 0 Å². The maximum absolute atomic E-state index is 12.1. The Kier molecular flexibility index (Phi) is 3.66. The van der Waals surface area contributed by atoms with Crippen LogP contribution in [0.15, 0.2) is 47.3 Å². The zero-order chi connectivity index (χ0) is 13.8. The van der Waals surface area contributed by atoms with Crippen LogP contribution >= 0.6 is 0 Å². The summed E-state index contributed by atoms with van der Waals surface area (Å²) in [6.45, 7) is 0.454. The number of nitrogens with one attached hydrogen (secondary N) is 1. The molecule has 3 N–H and O–H groups in total. The van der Waals surface area contributed by atoms with E-state index in [4.69, 9.17) is 5.73 Å². The van der Waals surface area contributed by atoms with Crippen LogP contribution in [0.4, 0.5) is 5.69 Å². The lowest BCUT2D eigenvalue weighted by atomic mass is 10.2. The Labute approximate surface area is 110 Å². The van der Waals surface area contributed by atoms with Gasteiger partial charge in [0.2, 0.25) is 5.56 Å². The van der Waals surface area contributed by atoms with Crippen LogP contribution in [0.3, 0.4) is 0 Å². The van der Waals surface area contributed by atoms with E-state index in [0.717, 1.165) is 5.56 Å². The molecule has 0 aliphatic heterocycles. The van der Waals surface area contributed by atoms with Crippen molar-refractivity contribution in [2.45, 2.75) is 6.54 Å². The smallest absolute Gasteiger partial charge is 0.270 e. The fourth-order valence-electron chi connectivity index (χ4n) is 1.75. The highest BCUT2D eigenvalue weighted by atomic mass is 16.2. The molecule has 1 amide bonds. The van der Waals surface area contributed by atoms with Crippen molar-refractivity contribution in [2.24, 2.45) is 0 Å². The van der Waals surface area contributed by atoms with Crippen LogP contribution in [0.5, 0.6) is 0 Å². The summed E-state index contributed by atoms with van der Waals surface area (Å²) >= 11 is 0. The third-order valence-electron chi connectivity index (χ3n) is 2.74. The molecule has 19 heavy (non-hydrogen) atoms. The van der Waals surface area contributed by atoms with Crippen LogP contribution < -0.4 is 11.3 Å². The molecule has 0 saturated heterocycles. The number of carbonyl (C=O) groups excluding carboxylic acids is 1. The highest BCUT2D eigenvalue weighted by Gasteiger charge is 2.12. The minimum absolute atomic E-state index is 0.227. The van der Waals surface area contributed by atoms with Crippen molar-refractivity contribution >= 4 is 11.6 Å². The number of pyridine rings is 1. The minimum atomic E-state index is -0.285. The number of hydrogen-bond donors (Lipinski definition) is 2. The molecule has 98 valence electrons. The number of H-pyrrole nitrogens is 1. The average Bonchev–Trinajstić information content (AvgIpc) is 2.40. The van der Waals surface area contributed by atoms with Gasteiger partial charge in [-0.3, -0.25) is 9.59 Å². The molecule has 0 unspecified atom stereocenters. The van der Waals surface area contributed by atoms with Gasteiger partial charge < -0.3 is 15.6 Å². The molecule has 0 aliphatic carbocycles. The number of amides is 1. The maximum Gasteiger partial charge on any atom is 0.270 e. The number of anilines is 1. The normalized spacial score (nSPS) is 10.2. The van der Waals surface area contributed by atoms with Gasteiger partial charge in [-0.2, -0.15) is 0 Å². The first-order valence-electron chi connectivity index (χ1n) is 5.85. The number of nitrogens with zero attached hydrogens (tertiary/aromatic N) is 1. The van der Waals surface area contributed by atoms with E-state index in [9.17, 15) is 9.59 Å². The average molecular weight is 257 g/mol. The van der Waals surface area contributed by atoms with Gasteiger partial charge >= 0.3 is 0 Å². The second-order valence-electron chi connectivity index (χ2n) is 4.33. The predicted molar refractivity (Wildman–Crippen MR) is 73.7 cm³/mol. The number of nitrogen functional groups attached to an aromatic ring is 1. The second-order valence-corrected chi connectivity index (χ2v) is 4.33. The van der Waals surface area contributed by atoms with Gasteiger partial charge in [-0.25, -0.2) is 0 Å². The van der Waals surface area contributed by atoms with Gasteiger partial charge in [0.1, 0.15) is 5.69 Å². The standard InChI is InChI=1S/C14H15N3O2/c1-17(9-10-5-7-11(15)8-6-10)14(19)12-3-2-4-13(18)16-12/h2-8H,9,15H2,1H3,(H,16,18). The molecule has 5 nitrogen and oxygen atoms in total. The fourth-order valence-corrected chi connectivity index (χ4v) is 1.75. The Morgan fingerprint density at radius 1 is 1.21 bits per heavy atom. The van der Waals surface area contributed by atoms with E-state index in [1.165, 1.54) is 11.0 Å². The molecule has 0 spiro atoms. The number of benzene rings is 1. The summed E-state index contributed by atoms with van der Waals surface area (Å²) in [6.07, 6.45) is 0. The number of nitrogens with two attached hydrogens (primary N) is 1. The first-order chi connectivity index (χ1) is 9.06. The number of rotatable bonds is 3. The fraction of sp³-hybridized carbons (Fsp3) is 0.143. The molecule has 0 atom stereocenters. The van der Waals surface area contributed by atoms with Crippen molar-refractivity contribution < 1.29 is 4.79 Å². The van der Waals surface area contributed by atoms with Crippen molar-refractivity contribution in [1.82, 2.24) is 9.88 Å². The summed E-state index contributed by atoms with van der Waals surface area (Å²) in [4.78, 5) is 27.3. The summed E-state index contributed by atoms with van der Waals surface area (Å²) < 4.78 is 0. The molecule has 0 bridgehead atoms. The van der Waals surface area contributed by atoms with Crippen LogP contribution in [0, 0.1) is 0 Å². The van der Waals surface area contributed by atoms with Crippen LogP contribution in [-0.2, 0) is 6.54 Å². The van der Waals surface area contributed by atoms with E-state index in [1.807, 2.05) is 12.1 Å². The summed E-state index contributed by atoms with van der Waals surface area (Å²) in [5.74, 6) is -0.227. The monoisotopic (exact) mass is 257 g/mol. The van der Waals surface area contributed by atoms with Crippen LogP contribution in [0.2, 0.25) is 0 Å². The zero-order valence-electron chi connectivity index (χ0n) is 10.6. The third kappa shape index (κ3) is 3.22. The molecular weight excluding hydrogens is 242 g/mol. The summed E-state index contributed by atoms with van der Waals surface area (Å²) in [6, 6.07) is 11.8. The van der Waals surface area contributed by atoms with E-state index in [1.54, 1.807) is 31.3 Å². The van der Waals surface area contributed by atoms with Crippen LogP contribution in [-0.4, -0.2) is 22.8 Å². The molecule has 2 aromatic rings. The molecule has 1 aromatic carbocycles. The van der Waals surface area contributed by atoms with Crippen LogP contribution in [0.25, 0.3) is 0 Å².